The van der Waals surface area contributed by atoms with Crippen LogP contribution in [0.2, 0.25) is 10.0 Å². The SMILES string of the molecule is C.CNC1CCC(CC(=O)N2CCC([C@H]3c4ncc(Br)cc4CCc4cc(Cl)cc(Br)c43)CC2)CC1.CNC1CCC(CC(=O)N2CCC([C@H]3c4ncc(Br)cc4CCc4cc(Cl)cc(Br)c43)CC2)CC1. The fourth-order valence-corrected chi connectivity index (χ4v) is 16.1. The van der Waals surface area contributed by atoms with Crippen molar-refractivity contribution in [2.75, 3.05) is 40.3 Å². The molecular weight excluding hydrogens is 1190 g/mol. The summed E-state index contributed by atoms with van der Waals surface area (Å²) in [6, 6.07) is 14.1. The maximum absolute atomic E-state index is 13.2. The average Bonchev–Trinajstić information content (AvgIpc) is 3.62. The van der Waals surface area contributed by atoms with E-state index in [4.69, 9.17) is 33.2 Å². The number of piperidine rings is 2. The molecule has 8 nitrogen and oxygen atoms in total. The zero-order valence-corrected chi connectivity index (χ0v) is 48.5. The van der Waals surface area contributed by atoms with Gasteiger partial charge in [0.15, 0.2) is 0 Å². The molecule has 10 rings (SSSR count). The number of rotatable bonds is 8. The van der Waals surface area contributed by atoms with Crippen LogP contribution in [0, 0.1) is 23.7 Å². The van der Waals surface area contributed by atoms with Gasteiger partial charge in [-0.3, -0.25) is 19.6 Å². The summed E-state index contributed by atoms with van der Waals surface area (Å²) in [5, 5.41) is 8.34. The first-order valence-electron chi connectivity index (χ1n) is 26.0. The van der Waals surface area contributed by atoms with Gasteiger partial charge in [0, 0.05) is 103 Å². The van der Waals surface area contributed by atoms with Crippen LogP contribution in [0.1, 0.15) is 154 Å². The summed E-state index contributed by atoms with van der Waals surface area (Å²) in [5.41, 5.74) is 10.3. The van der Waals surface area contributed by atoms with E-state index in [1.54, 1.807) is 0 Å². The molecule has 2 aromatic carbocycles. The topological polar surface area (TPSA) is 90.5 Å². The van der Waals surface area contributed by atoms with Crippen LogP contribution in [0.5, 0.6) is 0 Å². The Morgan fingerprint density at radius 3 is 1.24 bits per heavy atom. The summed E-state index contributed by atoms with van der Waals surface area (Å²) >= 11 is 27.9. The third-order valence-corrected chi connectivity index (χ3v) is 19.6. The van der Waals surface area contributed by atoms with Gasteiger partial charge >= 0.3 is 0 Å². The van der Waals surface area contributed by atoms with E-state index in [1.165, 1.54) is 96.1 Å². The lowest BCUT2D eigenvalue weighted by Crippen LogP contribution is -2.41. The molecule has 2 N–H and O–H groups in total. The van der Waals surface area contributed by atoms with Gasteiger partial charge in [-0.15, -0.1) is 0 Å². The van der Waals surface area contributed by atoms with Gasteiger partial charge in [-0.1, -0.05) is 62.5 Å². The van der Waals surface area contributed by atoms with E-state index >= 15 is 0 Å². The number of pyridine rings is 2. The van der Waals surface area contributed by atoms with E-state index in [2.05, 4.69) is 108 Å². The van der Waals surface area contributed by atoms with Gasteiger partial charge in [0.25, 0.3) is 0 Å². The van der Waals surface area contributed by atoms with Crippen molar-refractivity contribution in [3.63, 3.8) is 0 Å². The van der Waals surface area contributed by atoms with Gasteiger partial charge in [-0.05, 0) is 242 Å². The molecule has 2 atom stereocenters. The molecule has 0 bridgehead atoms. The molecule has 71 heavy (non-hydrogen) atoms. The number of benzene rings is 2. The van der Waals surface area contributed by atoms with Crippen molar-refractivity contribution in [3.8, 4) is 0 Å². The van der Waals surface area contributed by atoms with Crippen LogP contribution in [0.25, 0.3) is 0 Å². The minimum Gasteiger partial charge on any atom is -0.343 e. The second-order valence-corrected chi connectivity index (χ2v) is 25.5. The maximum Gasteiger partial charge on any atom is 0.222 e. The van der Waals surface area contributed by atoms with Crippen molar-refractivity contribution >= 4 is 98.7 Å². The highest BCUT2D eigenvalue weighted by atomic mass is 79.9. The molecular formula is C57H72Br4Cl2N6O2. The van der Waals surface area contributed by atoms with Crippen molar-refractivity contribution in [3.05, 3.63) is 121 Å². The standard InChI is InChI=1S/2C28H34Br2ClN3O.CH4/c2*1-32-23-6-2-17(3-7-23)12-25(35)34-10-8-18(9-11-34)27-26-19(14-22(31)15-24(26)30)4-5-20-13-21(29)16-33-28(20)27;/h2*13-18,23,27,32H,2-12H2,1H3;1H4/t2*17?,23?,27-;/m11./s1. The summed E-state index contributed by atoms with van der Waals surface area (Å²) in [7, 11) is 4.10. The predicted molar refractivity (Wildman–Crippen MR) is 305 cm³/mol. The van der Waals surface area contributed by atoms with Crippen LogP contribution < -0.4 is 10.6 Å². The van der Waals surface area contributed by atoms with Gasteiger partial charge in [0.05, 0.1) is 11.4 Å². The molecule has 0 radical (unpaired) electrons. The molecule has 2 aliphatic heterocycles. The van der Waals surface area contributed by atoms with Crippen molar-refractivity contribution in [2.24, 2.45) is 23.7 Å². The number of halogens is 6. The molecule has 0 spiro atoms. The number of amides is 2. The zero-order chi connectivity index (χ0) is 49.1. The van der Waals surface area contributed by atoms with E-state index in [1.807, 2.05) is 38.6 Å². The number of aromatic nitrogens is 2. The Bertz CT molecular complexity index is 2330. The van der Waals surface area contributed by atoms with E-state index in [9.17, 15) is 9.59 Å². The predicted octanol–water partition coefficient (Wildman–Crippen LogP) is 14.4. The molecule has 0 unspecified atom stereocenters. The number of hydrogen-bond acceptors (Lipinski definition) is 6. The molecule has 2 saturated carbocycles. The molecule has 2 amide bonds. The average molecular weight is 1260 g/mol. The van der Waals surface area contributed by atoms with Gasteiger partial charge in [0.2, 0.25) is 11.8 Å². The fraction of sp³-hybridized carbons (Fsp3) is 0.579. The monoisotopic (exact) mass is 1260 g/mol. The van der Waals surface area contributed by atoms with Crippen molar-refractivity contribution < 1.29 is 9.59 Å². The van der Waals surface area contributed by atoms with E-state index in [0.717, 1.165) is 118 Å². The van der Waals surface area contributed by atoms with Gasteiger partial charge in [0.1, 0.15) is 0 Å². The fourth-order valence-electron chi connectivity index (χ4n) is 13.1. The second kappa shape index (κ2) is 25.3. The molecule has 4 heterocycles. The second-order valence-electron chi connectivity index (χ2n) is 21.1. The quantitative estimate of drug-likeness (QED) is 0.183. The van der Waals surface area contributed by atoms with Crippen LogP contribution in [0.3, 0.4) is 0 Å². The highest BCUT2D eigenvalue weighted by Crippen LogP contribution is 2.48. The summed E-state index contributed by atoms with van der Waals surface area (Å²) in [5.74, 6) is 3.15. The Kier molecular flexibility index (Phi) is 19.7. The summed E-state index contributed by atoms with van der Waals surface area (Å²) in [6.07, 6.45) is 22.6. The number of carbonyl (C=O) groups excluding carboxylic acids is 2. The summed E-state index contributed by atoms with van der Waals surface area (Å²) in [4.78, 5) is 40.5. The van der Waals surface area contributed by atoms with E-state index in [-0.39, 0.29) is 19.3 Å². The molecule has 2 saturated heterocycles. The van der Waals surface area contributed by atoms with Crippen LogP contribution in [-0.2, 0) is 35.3 Å². The Labute approximate surface area is 467 Å². The Hall–Kier alpha value is -1.90. The van der Waals surface area contributed by atoms with E-state index < -0.39 is 0 Å². The molecule has 6 aliphatic rings. The largest absolute Gasteiger partial charge is 0.343 e. The van der Waals surface area contributed by atoms with Gasteiger partial charge < -0.3 is 20.4 Å². The molecule has 384 valence electrons. The molecule has 4 aliphatic carbocycles. The number of aryl methyl sites for hydroxylation is 4. The lowest BCUT2D eigenvalue weighted by molar-refractivity contribution is -0.134. The first-order chi connectivity index (χ1) is 33.8. The highest BCUT2D eigenvalue weighted by molar-refractivity contribution is 9.11. The molecule has 2 aromatic heterocycles. The van der Waals surface area contributed by atoms with Crippen molar-refractivity contribution in [1.82, 2.24) is 30.4 Å². The van der Waals surface area contributed by atoms with Crippen LogP contribution >= 0.6 is 86.9 Å². The lowest BCUT2D eigenvalue weighted by Gasteiger charge is -2.38. The number of carbonyl (C=O) groups is 2. The van der Waals surface area contributed by atoms with E-state index in [0.29, 0.717) is 47.6 Å². The number of nitrogens with zero attached hydrogens (tertiary/aromatic N) is 4. The van der Waals surface area contributed by atoms with Crippen LogP contribution in [0.15, 0.2) is 66.7 Å². The van der Waals surface area contributed by atoms with Crippen LogP contribution in [-0.4, -0.2) is 83.9 Å². The lowest BCUT2D eigenvalue weighted by atomic mass is 9.76. The third kappa shape index (κ3) is 13.2. The molecule has 14 heteroatoms. The minimum atomic E-state index is 0. The van der Waals surface area contributed by atoms with Gasteiger partial charge in [-0.25, -0.2) is 0 Å². The van der Waals surface area contributed by atoms with Crippen molar-refractivity contribution in [1.29, 1.82) is 0 Å². The Balaban J connectivity index is 0.000000188. The first-order valence-corrected chi connectivity index (χ1v) is 29.9. The molecule has 4 fully saturated rings. The Morgan fingerprint density at radius 1 is 0.535 bits per heavy atom. The Morgan fingerprint density at radius 2 is 0.887 bits per heavy atom. The maximum atomic E-state index is 13.2. The summed E-state index contributed by atoms with van der Waals surface area (Å²) in [6.45, 7) is 3.38. The normalized spacial score (nSPS) is 24.7. The molecule has 4 aromatic rings. The zero-order valence-electron chi connectivity index (χ0n) is 40.7. The summed E-state index contributed by atoms with van der Waals surface area (Å²) < 4.78 is 4.22. The smallest absolute Gasteiger partial charge is 0.222 e. The van der Waals surface area contributed by atoms with Crippen LogP contribution in [0.4, 0.5) is 0 Å². The van der Waals surface area contributed by atoms with Crippen molar-refractivity contribution in [2.45, 2.75) is 147 Å². The number of hydrogen-bond donors (Lipinski definition) is 2. The number of fused-ring (bicyclic) bond motifs is 4. The minimum absolute atomic E-state index is 0. The highest BCUT2D eigenvalue weighted by Gasteiger charge is 2.39. The number of nitrogens with one attached hydrogen (secondary N) is 2. The van der Waals surface area contributed by atoms with Gasteiger partial charge in [-0.2, -0.15) is 0 Å². The third-order valence-electron chi connectivity index (χ3n) is 17.0. The first kappa shape index (κ1) is 55.3. The number of likely N-dealkylation sites (tertiary alicyclic amines) is 2.